The number of fused-ring (bicyclic) bond motifs is 3. The number of ether oxygens (including phenoxy) is 1. The fourth-order valence-corrected chi connectivity index (χ4v) is 6.97. The van der Waals surface area contributed by atoms with Crippen molar-refractivity contribution in [2.24, 2.45) is 0 Å². The Labute approximate surface area is 245 Å². The van der Waals surface area contributed by atoms with E-state index in [-0.39, 0.29) is 11.8 Å². The van der Waals surface area contributed by atoms with Gasteiger partial charge in [-0.2, -0.15) is 9.97 Å². The van der Waals surface area contributed by atoms with Gasteiger partial charge in [0.25, 0.3) is 0 Å². The third-order valence-electron chi connectivity index (χ3n) is 8.99. The number of nitrogens with zero attached hydrogens (tertiary/aromatic N) is 6. The van der Waals surface area contributed by atoms with E-state index in [1.807, 2.05) is 36.7 Å². The first-order chi connectivity index (χ1) is 19.9. The van der Waals surface area contributed by atoms with Gasteiger partial charge in [0.05, 0.1) is 22.9 Å². The maximum atomic E-state index is 10.6. The molecule has 0 amide bonds. The molecule has 0 aliphatic carbocycles. The van der Waals surface area contributed by atoms with Gasteiger partial charge in [-0.1, -0.05) is 23.7 Å². The summed E-state index contributed by atoms with van der Waals surface area (Å²) in [6, 6.07) is 12.6. The molecule has 3 aliphatic rings. The maximum absolute atomic E-state index is 10.6. The van der Waals surface area contributed by atoms with Gasteiger partial charge in [-0.3, -0.25) is 4.98 Å². The molecule has 5 heterocycles. The van der Waals surface area contributed by atoms with Gasteiger partial charge in [0.1, 0.15) is 18.2 Å². The number of hydrogen-bond acceptors (Lipinski definition) is 8. The molecule has 41 heavy (non-hydrogen) atoms. The molecule has 0 radical (unpaired) electrons. The van der Waals surface area contributed by atoms with Gasteiger partial charge >= 0.3 is 6.01 Å². The fourth-order valence-electron chi connectivity index (χ4n) is 6.70. The number of phenolic OH excluding ortho intramolecular Hbond substituents is 1. The molecular weight excluding hydrogens is 536 g/mol. The van der Waals surface area contributed by atoms with E-state index in [1.165, 1.54) is 23.1 Å². The van der Waals surface area contributed by atoms with Crippen molar-refractivity contribution in [2.45, 2.75) is 57.8 Å². The third kappa shape index (κ3) is 4.93. The Bertz CT molecular complexity index is 1610. The smallest absolute Gasteiger partial charge is 0.318 e. The summed E-state index contributed by atoms with van der Waals surface area (Å²) in [5.74, 6) is 1.20. The summed E-state index contributed by atoms with van der Waals surface area (Å²) in [6.07, 6.45) is 7.89. The van der Waals surface area contributed by atoms with Crippen LogP contribution in [-0.2, 0) is 25.9 Å². The molecule has 0 spiro atoms. The van der Waals surface area contributed by atoms with Crippen LogP contribution in [0.3, 0.4) is 0 Å². The lowest BCUT2D eigenvalue weighted by Gasteiger charge is -2.39. The molecule has 0 saturated carbocycles. The van der Waals surface area contributed by atoms with E-state index in [2.05, 4.69) is 39.7 Å². The molecule has 2 atom stereocenters. The number of likely N-dealkylation sites (tertiary alicyclic amines) is 1. The van der Waals surface area contributed by atoms with E-state index in [0.717, 1.165) is 66.9 Å². The molecule has 3 aliphatic heterocycles. The molecule has 1 unspecified atom stereocenters. The zero-order valence-electron chi connectivity index (χ0n) is 23.6. The second-order valence-electron chi connectivity index (χ2n) is 11.6. The lowest BCUT2D eigenvalue weighted by Crippen LogP contribution is -2.41. The maximum Gasteiger partial charge on any atom is 0.318 e. The van der Waals surface area contributed by atoms with Crippen LogP contribution in [0.2, 0.25) is 5.02 Å². The van der Waals surface area contributed by atoms with Crippen LogP contribution in [0.5, 0.6) is 11.8 Å². The first-order valence-corrected chi connectivity index (χ1v) is 14.9. The summed E-state index contributed by atoms with van der Waals surface area (Å²) < 4.78 is 6.33. The van der Waals surface area contributed by atoms with Gasteiger partial charge < -0.3 is 24.5 Å². The molecule has 7 rings (SSSR count). The van der Waals surface area contributed by atoms with Crippen LogP contribution < -0.4 is 14.5 Å². The zero-order chi connectivity index (χ0) is 28.1. The highest BCUT2D eigenvalue weighted by Gasteiger charge is 2.32. The Balaban J connectivity index is 1.27. The predicted molar refractivity (Wildman–Crippen MR) is 162 cm³/mol. The summed E-state index contributed by atoms with van der Waals surface area (Å²) in [5, 5.41) is 13.1. The molecule has 0 bridgehead atoms. The molecule has 1 saturated heterocycles. The fraction of sp³-hybridized carbons (Fsp3) is 0.406. The van der Waals surface area contributed by atoms with E-state index in [9.17, 15) is 5.11 Å². The van der Waals surface area contributed by atoms with Crippen LogP contribution in [0.25, 0.3) is 10.8 Å². The highest BCUT2D eigenvalue weighted by atomic mass is 35.5. The Morgan fingerprint density at radius 2 is 2.00 bits per heavy atom. The molecule has 2 aromatic carbocycles. The van der Waals surface area contributed by atoms with Crippen molar-refractivity contribution in [2.75, 3.05) is 36.5 Å². The monoisotopic (exact) mass is 570 g/mol. The number of benzene rings is 2. The summed E-state index contributed by atoms with van der Waals surface area (Å²) in [5.41, 5.74) is 5.65. The Kier molecular flexibility index (Phi) is 6.83. The summed E-state index contributed by atoms with van der Waals surface area (Å²) >= 11 is 6.69. The average Bonchev–Trinajstić information content (AvgIpc) is 3.39. The minimum absolute atomic E-state index is 0.226. The van der Waals surface area contributed by atoms with Gasteiger partial charge in [-0.25, -0.2) is 0 Å². The number of phenols is 1. The largest absolute Gasteiger partial charge is 0.508 e. The number of aromatic nitrogens is 3. The van der Waals surface area contributed by atoms with Crippen molar-refractivity contribution in [3.63, 3.8) is 0 Å². The number of anilines is 2. The minimum atomic E-state index is 0.226. The number of aromatic hydroxyl groups is 1. The standard InChI is InChI=1S/C32H35ClN6O2/c1-20-13-23-16-34-10-8-22(23)17-39(20)31-26-9-12-38(29-15-25(40)14-21-5-3-7-27(33)30(21)29)18-28(26)35-32(36-31)41-19-24-6-4-11-37(24)2/h3,5,7-8,10,14-16,20,24,40H,4,6,9,11-13,17-19H2,1-2H3/t20?,24-/m0/s1. The van der Waals surface area contributed by atoms with Crippen LogP contribution in [-0.4, -0.2) is 63.8 Å². The van der Waals surface area contributed by atoms with Crippen LogP contribution in [0, 0.1) is 0 Å². The van der Waals surface area contributed by atoms with Crippen molar-refractivity contribution >= 4 is 33.9 Å². The lowest BCUT2D eigenvalue weighted by molar-refractivity contribution is 0.187. The van der Waals surface area contributed by atoms with Gasteiger partial charge in [-0.05, 0) is 80.9 Å². The predicted octanol–water partition coefficient (Wildman–Crippen LogP) is 5.37. The summed E-state index contributed by atoms with van der Waals surface area (Å²) in [7, 11) is 2.16. The van der Waals surface area contributed by atoms with Crippen LogP contribution in [0.15, 0.2) is 48.8 Å². The van der Waals surface area contributed by atoms with E-state index in [4.69, 9.17) is 26.3 Å². The number of halogens is 1. The van der Waals surface area contributed by atoms with Crippen molar-refractivity contribution in [3.05, 3.63) is 76.2 Å². The van der Waals surface area contributed by atoms with Crippen molar-refractivity contribution in [3.8, 4) is 11.8 Å². The van der Waals surface area contributed by atoms with Gasteiger partial charge in [0.15, 0.2) is 0 Å². The third-order valence-corrected chi connectivity index (χ3v) is 9.31. The average molecular weight is 571 g/mol. The normalized spacial score (nSPS) is 20.8. The molecule has 212 valence electrons. The SMILES string of the molecule is CC1Cc2cnccc2CN1c1nc(OC[C@@H]2CCCN2C)nc2c1CCN(c1cc(O)cc3cccc(Cl)c13)C2. The van der Waals surface area contributed by atoms with E-state index >= 15 is 0 Å². The molecule has 2 aromatic heterocycles. The molecule has 8 nitrogen and oxygen atoms in total. The Morgan fingerprint density at radius 3 is 2.85 bits per heavy atom. The van der Waals surface area contributed by atoms with E-state index in [0.29, 0.717) is 30.2 Å². The highest BCUT2D eigenvalue weighted by Crippen LogP contribution is 2.40. The molecular formula is C32H35ClN6O2. The van der Waals surface area contributed by atoms with Crippen molar-refractivity contribution in [1.82, 2.24) is 19.9 Å². The highest BCUT2D eigenvalue weighted by molar-refractivity contribution is 6.36. The van der Waals surface area contributed by atoms with Crippen molar-refractivity contribution < 1.29 is 9.84 Å². The first kappa shape index (κ1) is 26.3. The zero-order valence-corrected chi connectivity index (χ0v) is 24.3. The first-order valence-electron chi connectivity index (χ1n) is 14.5. The van der Waals surface area contributed by atoms with Gasteiger partial charge in [0.2, 0.25) is 0 Å². The molecule has 1 fully saturated rings. The van der Waals surface area contributed by atoms with Gasteiger partial charge in [-0.15, -0.1) is 0 Å². The van der Waals surface area contributed by atoms with Gasteiger partial charge in [0, 0.05) is 54.6 Å². The number of rotatable bonds is 5. The van der Waals surface area contributed by atoms with E-state index < -0.39 is 0 Å². The molecule has 9 heteroatoms. The topological polar surface area (TPSA) is 77.9 Å². The van der Waals surface area contributed by atoms with Crippen LogP contribution >= 0.6 is 11.6 Å². The minimum Gasteiger partial charge on any atom is -0.508 e. The number of hydrogen-bond donors (Lipinski definition) is 1. The van der Waals surface area contributed by atoms with E-state index in [1.54, 1.807) is 6.07 Å². The Morgan fingerprint density at radius 1 is 1.10 bits per heavy atom. The quantitative estimate of drug-likeness (QED) is 0.343. The van der Waals surface area contributed by atoms with Crippen molar-refractivity contribution in [1.29, 1.82) is 0 Å². The second kappa shape index (κ2) is 10.7. The summed E-state index contributed by atoms with van der Waals surface area (Å²) in [4.78, 5) is 21.5. The van der Waals surface area contributed by atoms with Crippen LogP contribution in [0.1, 0.15) is 42.1 Å². The summed E-state index contributed by atoms with van der Waals surface area (Å²) in [6.45, 7) is 6.06. The second-order valence-corrected chi connectivity index (χ2v) is 12.0. The molecule has 1 N–H and O–H groups in total. The number of pyridine rings is 1. The Hall–Kier alpha value is -3.62. The molecule has 4 aromatic rings. The van der Waals surface area contributed by atoms with Crippen LogP contribution in [0.4, 0.5) is 11.5 Å². The number of likely N-dealkylation sites (N-methyl/N-ethyl adjacent to an activating group) is 1. The lowest BCUT2D eigenvalue weighted by atomic mass is 9.95.